The van der Waals surface area contributed by atoms with Gasteiger partial charge >= 0.3 is 0 Å². The number of nitriles is 1. The molecule has 0 saturated carbocycles. The van der Waals surface area contributed by atoms with Crippen LogP contribution in [-0.4, -0.2) is 26.0 Å². The fourth-order valence-electron chi connectivity index (χ4n) is 2.26. The lowest BCUT2D eigenvalue weighted by molar-refractivity contribution is 0.479. The van der Waals surface area contributed by atoms with Crippen LogP contribution >= 0.6 is 0 Å². The molecule has 0 bridgehead atoms. The van der Waals surface area contributed by atoms with Crippen LogP contribution in [0.15, 0.2) is 18.2 Å². The Bertz CT molecular complexity index is 608. The van der Waals surface area contributed by atoms with Crippen molar-refractivity contribution in [1.82, 2.24) is 5.32 Å². The minimum Gasteiger partial charge on any atom is -0.309 e. The Morgan fingerprint density at radius 2 is 2.21 bits per heavy atom. The molecule has 6 heteroatoms. The third kappa shape index (κ3) is 4.01. The molecule has 2 rings (SSSR count). The average molecular weight is 282 g/mol. The Morgan fingerprint density at radius 3 is 2.89 bits per heavy atom. The van der Waals surface area contributed by atoms with Gasteiger partial charge in [0.2, 0.25) is 0 Å². The summed E-state index contributed by atoms with van der Waals surface area (Å²) in [7, 11) is -2.95. The van der Waals surface area contributed by atoms with Gasteiger partial charge in [0.25, 0.3) is 0 Å². The fourth-order valence-corrected chi connectivity index (χ4v) is 3.93. The van der Waals surface area contributed by atoms with Gasteiger partial charge in [-0.05, 0) is 36.6 Å². The summed E-state index contributed by atoms with van der Waals surface area (Å²) in [6, 6.07) is 5.94. The molecule has 0 amide bonds. The van der Waals surface area contributed by atoms with Crippen LogP contribution in [0.4, 0.5) is 4.39 Å². The molecular weight excluding hydrogens is 267 g/mol. The van der Waals surface area contributed by atoms with E-state index in [2.05, 4.69) is 5.32 Å². The Kier molecular flexibility index (Phi) is 4.17. The zero-order valence-corrected chi connectivity index (χ0v) is 11.2. The van der Waals surface area contributed by atoms with Gasteiger partial charge in [0.05, 0.1) is 23.1 Å². The van der Waals surface area contributed by atoms with E-state index in [9.17, 15) is 12.8 Å². The van der Waals surface area contributed by atoms with Gasteiger partial charge in [-0.15, -0.1) is 0 Å². The maximum absolute atomic E-state index is 13.2. The first-order valence-electron chi connectivity index (χ1n) is 6.12. The molecule has 1 fully saturated rings. The number of benzene rings is 1. The van der Waals surface area contributed by atoms with Crippen molar-refractivity contribution in [3.63, 3.8) is 0 Å². The molecule has 19 heavy (non-hydrogen) atoms. The van der Waals surface area contributed by atoms with E-state index >= 15 is 0 Å². The number of sulfone groups is 1. The van der Waals surface area contributed by atoms with Crippen LogP contribution in [0, 0.1) is 17.1 Å². The van der Waals surface area contributed by atoms with E-state index in [4.69, 9.17) is 5.26 Å². The van der Waals surface area contributed by atoms with Gasteiger partial charge in [0.15, 0.2) is 9.84 Å². The molecule has 1 saturated heterocycles. The van der Waals surface area contributed by atoms with Gasteiger partial charge in [-0.2, -0.15) is 5.26 Å². The summed E-state index contributed by atoms with van der Waals surface area (Å²) in [4.78, 5) is 0. The first-order valence-corrected chi connectivity index (χ1v) is 7.94. The van der Waals surface area contributed by atoms with E-state index in [-0.39, 0.29) is 23.1 Å². The summed E-state index contributed by atoms with van der Waals surface area (Å²) in [5.41, 5.74) is 0.924. The standard InChI is InChI=1S/C13H15FN2O2S/c14-12-5-10(7-15)4-11(6-12)8-16-13-2-1-3-19(17,18)9-13/h4-6,13,16H,1-3,8-9H2. The molecule has 0 aliphatic carbocycles. The number of hydrogen-bond acceptors (Lipinski definition) is 4. The molecule has 0 aromatic heterocycles. The van der Waals surface area contributed by atoms with Gasteiger partial charge in [0, 0.05) is 12.6 Å². The van der Waals surface area contributed by atoms with Crippen molar-refractivity contribution < 1.29 is 12.8 Å². The van der Waals surface area contributed by atoms with Gasteiger partial charge in [-0.3, -0.25) is 0 Å². The van der Waals surface area contributed by atoms with E-state index in [1.807, 2.05) is 6.07 Å². The maximum Gasteiger partial charge on any atom is 0.151 e. The Balaban J connectivity index is 1.99. The van der Waals surface area contributed by atoms with Crippen molar-refractivity contribution in [2.45, 2.75) is 25.4 Å². The Labute approximate surface area is 112 Å². The molecular formula is C13H15FN2O2S. The normalized spacial score (nSPS) is 21.8. The summed E-state index contributed by atoms with van der Waals surface area (Å²) in [5.74, 6) is -0.0657. The predicted molar refractivity (Wildman–Crippen MR) is 69.6 cm³/mol. The quantitative estimate of drug-likeness (QED) is 0.909. The van der Waals surface area contributed by atoms with E-state index < -0.39 is 15.7 Å². The van der Waals surface area contributed by atoms with Crippen molar-refractivity contribution in [1.29, 1.82) is 5.26 Å². The molecule has 1 aliphatic rings. The van der Waals surface area contributed by atoms with Crippen LogP contribution in [0.5, 0.6) is 0 Å². The minimum absolute atomic E-state index is 0.0902. The number of nitrogens with zero attached hydrogens (tertiary/aromatic N) is 1. The van der Waals surface area contributed by atoms with Gasteiger partial charge in [-0.25, -0.2) is 12.8 Å². The highest BCUT2D eigenvalue weighted by Gasteiger charge is 2.24. The summed E-state index contributed by atoms with van der Waals surface area (Å²) in [5, 5.41) is 11.9. The van der Waals surface area contributed by atoms with E-state index in [0.29, 0.717) is 18.5 Å². The number of rotatable bonds is 3. The van der Waals surface area contributed by atoms with Gasteiger partial charge in [-0.1, -0.05) is 0 Å². The highest BCUT2D eigenvalue weighted by molar-refractivity contribution is 7.91. The van der Waals surface area contributed by atoms with Crippen molar-refractivity contribution >= 4 is 9.84 Å². The lowest BCUT2D eigenvalue weighted by Crippen LogP contribution is -2.39. The van der Waals surface area contributed by atoms with Crippen molar-refractivity contribution in [2.24, 2.45) is 0 Å². The summed E-state index contributed by atoms with van der Waals surface area (Å²) >= 11 is 0. The van der Waals surface area contributed by atoms with Crippen molar-refractivity contribution in [2.75, 3.05) is 11.5 Å². The second-order valence-corrected chi connectivity index (χ2v) is 7.02. The summed E-state index contributed by atoms with van der Waals surface area (Å²) < 4.78 is 36.2. The molecule has 102 valence electrons. The molecule has 4 nitrogen and oxygen atoms in total. The monoisotopic (exact) mass is 282 g/mol. The molecule has 1 unspecified atom stereocenters. The number of halogens is 1. The second kappa shape index (κ2) is 5.68. The lowest BCUT2D eigenvalue weighted by Gasteiger charge is -2.23. The molecule has 1 atom stereocenters. The topological polar surface area (TPSA) is 70.0 Å². The van der Waals surface area contributed by atoms with Crippen LogP contribution < -0.4 is 5.32 Å². The molecule has 0 spiro atoms. The van der Waals surface area contributed by atoms with E-state index in [1.54, 1.807) is 6.07 Å². The van der Waals surface area contributed by atoms with E-state index in [1.165, 1.54) is 12.1 Å². The van der Waals surface area contributed by atoms with E-state index in [0.717, 1.165) is 6.42 Å². The highest BCUT2D eigenvalue weighted by atomic mass is 32.2. The average Bonchev–Trinajstić information content (AvgIpc) is 2.34. The molecule has 1 heterocycles. The maximum atomic E-state index is 13.2. The summed E-state index contributed by atoms with van der Waals surface area (Å²) in [6.07, 6.45) is 1.46. The smallest absolute Gasteiger partial charge is 0.151 e. The first kappa shape index (κ1) is 14.0. The summed E-state index contributed by atoms with van der Waals surface area (Å²) in [6.45, 7) is 0.368. The molecule has 1 aromatic rings. The lowest BCUT2D eigenvalue weighted by atomic mass is 10.1. The van der Waals surface area contributed by atoms with Crippen LogP contribution in [-0.2, 0) is 16.4 Å². The van der Waals surface area contributed by atoms with Gasteiger partial charge in [0.1, 0.15) is 5.82 Å². The molecule has 1 N–H and O–H groups in total. The SMILES string of the molecule is N#Cc1cc(F)cc(CNC2CCCS(=O)(=O)C2)c1. The molecule has 1 aromatic carbocycles. The Hall–Kier alpha value is -1.45. The second-order valence-electron chi connectivity index (χ2n) is 4.79. The third-order valence-corrected chi connectivity index (χ3v) is 4.97. The zero-order chi connectivity index (χ0) is 13.9. The highest BCUT2D eigenvalue weighted by Crippen LogP contribution is 2.14. The van der Waals surface area contributed by atoms with Crippen LogP contribution in [0.1, 0.15) is 24.0 Å². The number of hydrogen-bond donors (Lipinski definition) is 1. The van der Waals surface area contributed by atoms with Crippen molar-refractivity contribution in [3.05, 3.63) is 35.1 Å². The van der Waals surface area contributed by atoms with Crippen LogP contribution in [0.25, 0.3) is 0 Å². The predicted octanol–water partition coefficient (Wildman–Crippen LogP) is 1.36. The van der Waals surface area contributed by atoms with Crippen LogP contribution in [0.2, 0.25) is 0 Å². The fraction of sp³-hybridized carbons (Fsp3) is 0.462. The minimum atomic E-state index is -2.95. The van der Waals surface area contributed by atoms with Gasteiger partial charge < -0.3 is 5.32 Å². The van der Waals surface area contributed by atoms with Crippen molar-refractivity contribution in [3.8, 4) is 6.07 Å². The molecule has 0 radical (unpaired) electrons. The Morgan fingerprint density at radius 1 is 1.42 bits per heavy atom. The van der Waals surface area contributed by atoms with Crippen LogP contribution in [0.3, 0.4) is 0 Å². The largest absolute Gasteiger partial charge is 0.309 e. The third-order valence-electron chi connectivity index (χ3n) is 3.14. The zero-order valence-electron chi connectivity index (χ0n) is 10.4. The number of nitrogens with one attached hydrogen (secondary N) is 1. The molecule has 1 aliphatic heterocycles. The first-order chi connectivity index (χ1) is 8.98.